The number of ether oxygens (including phenoxy) is 1. The van der Waals surface area contributed by atoms with E-state index >= 15 is 0 Å². The highest BCUT2D eigenvalue weighted by molar-refractivity contribution is 6.30. The Hall–Kier alpha value is -1.42. The zero-order valence-electron chi connectivity index (χ0n) is 8.74. The van der Waals surface area contributed by atoms with Gasteiger partial charge in [-0.25, -0.2) is 4.98 Å². The Morgan fingerprint density at radius 3 is 3.12 bits per heavy atom. The first-order valence-corrected chi connectivity index (χ1v) is 5.14. The standard InChI is InChI=1S/C11H11ClFNO2/c1-2-16-10(15)5-3-4-8-6-9(12)7-14-11(8)13/h3-4,6-7H,2,5H2,1H3. The molecule has 0 aliphatic heterocycles. The van der Waals surface area contributed by atoms with Gasteiger partial charge >= 0.3 is 5.97 Å². The summed E-state index contributed by atoms with van der Waals surface area (Å²) in [6, 6.07) is 1.44. The largest absolute Gasteiger partial charge is 0.466 e. The van der Waals surface area contributed by atoms with Gasteiger partial charge in [0.2, 0.25) is 5.95 Å². The first-order chi connectivity index (χ1) is 7.63. The van der Waals surface area contributed by atoms with Crippen LogP contribution in [0.4, 0.5) is 4.39 Å². The molecule has 1 rings (SSSR count). The quantitative estimate of drug-likeness (QED) is 0.603. The average Bonchev–Trinajstić information content (AvgIpc) is 2.23. The third kappa shape index (κ3) is 3.98. The molecule has 0 atom stereocenters. The van der Waals surface area contributed by atoms with Gasteiger partial charge in [-0.1, -0.05) is 23.8 Å². The van der Waals surface area contributed by atoms with Crippen LogP contribution >= 0.6 is 11.6 Å². The molecule has 1 aromatic rings. The second kappa shape index (κ2) is 6.23. The van der Waals surface area contributed by atoms with E-state index in [1.807, 2.05) is 0 Å². The van der Waals surface area contributed by atoms with Crippen molar-refractivity contribution in [3.05, 3.63) is 34.9 Å². The molecule has 0 unspecified atom stereocenters. The Morgan fingerprint density at radius 2 is 2.44 bits per heavy atom. The summed E-state index contributed by atoms with van der Waals surface area (Å²) >= 11 is 5.65. The van der Waals surface area contributed by atoms with Crippen LogP contribution in [-0.2, 0) is 9.53 Å². The predicted octanol–water partition coefficient (Wildman–Crippen LogP) is 2.84. The van der Waals surface area contributed by atoms with Crippen LogP contribution in [0.15, 0.2) is 18.3 Å². The van der Waals surface area contributed by atoms with Crippen LogP contribution in [0.3, 0.4) is 0 Å². The third-order valence-corrected chi connectivity index (χ3v) is 1.93. The number of aromatic nitrogens is 1. The normalized spacial score (nSPS) is 10.7. The topological polar surface area (TPSA) is 39.2 Å². The highest BCUT2D eigenvalue weighted by Crippen LogP contribution is 2.13. The number of halogens is 2. The van der Waals surface area contributed by atoms with Crippen molar-refractivity contribution in [2.45, 2.75) is 13.3 Å². The molecule has 1 aromatic heterocycles. The molecule has 16 heavy (non-hydrogen) atoms. The van der Waals surface area contributed by atoms with Crippen molar-refractivity contribution in [1.29, 1.82) is 0 Å². The van der Waals surface area contributed by atoms with Gasteiger partial charge in [0.1, 0.15) is 0 Å². The molecule has 0 aliphatic carbocycles. The van der Waals surface area contributed by atoms with Gasteiger partial charge in [-0.05, 0) is 13.0 Å². The Labute approximate surface area is 97.9 Å². The number of hydrogen-bond acceptors (Lipinski definition) is 3. The second-order valence-electron chi connectivity index (χ2n) is 2.95. The maximum atomic E-state index is 13.1. The van der Waals surface area contributed by atoms with Crippen molar-refractivity contribution in [1.82, 2.24) is 4.98 Å². The summed E-state index contributed by atoms with van der Waals surface area (Å²) in [4.78, 5) is 14.4. The summed E-state index contributed by atoms with van der Waals surface area (Å²) in [5.41, 5.74) is 0.247. The van der Waals surface area contributed by atoms with Crippen molar-refractivity contribution in [3.63, 3.8) is 0 Å². The fraction of sp³-hybridized carbons (Fsp3) is 0.273. The molecular formula is C11H11ClFNO2. The molecule has 0 radical (unpaired) electrons. The summed E-state index contributed by atoms with van der Waals surface area (Å²) in [5, 5.41) is 0.345. The zero-order valence-corrected chi connectivity index (χ0v) is 9.50. The number of carbonyl (C=O) groups is 1. The summed E-state index contributed by atoms with van der Waals surface area (Å²) in [5.74, 6) is -0.973. The molecular weight excluding hydrogens is 233 g/mol. The number of carbonyl (C=O) groups excluding carboxylic acids is 1. The Kier molecular flexibility index (Phi) is 4.92. The van der Waals surface area contributed by atoms with Crippen LogP contribution in [0.1, 0.15) is 18.9 Å². The molecule has 0 saturated heterocycles. The lowest BCUT2D eigenvalue weighted by Crippen LogP contribution is -2.01. The van der Waals surface area contributed by atoms with Crippen molar-refractivity contribution in [3.8, 4) is 0 Å². The number of rotatable bonds is 4. The Balaban J connectivity index is 2.62. The van der Waals surface area contributed by atoms with E-state index in [0.717, 1.165) is 0 Å². The van der Waals surface area contributed by atoms with Gasteiger partial charge in [0, 0.05) is 11.8 Å². The molecule has 0 aromatic carbocycles. The Bertz CT molecular complexity index is 407. The molecule has 0 aliphatic rings. The molecule has 1 heterocycles. The van der Waals surface area contributed by atoms with Crippen LogP contribution in [0.25, 0.3) is 6.08 Å². The maximum Gasteiger partial charge on any atom is 0.309 e. The second-order valence-corrected chi connectivity index (χ2v) is 3.38. The lowest BCUT2D eigenvalue weighted by Gasteiger charge is -1.98. The van der Waals surface area contributed by atoms with Crippen molar-refractivity contribution in [2.75, 3.05) is 6.61 Å². The molecule has 0 amide bonds. The van der Waals surface area contributed by atoms with Crippen molar-refractivity contribution < 1.29 is 13.9 Å². The molecule has 86 valence electrons. The Morgan fingerprint density at radius 1 is 1.69 bits per heavy atom. The molecule has 0 N–H and O–H groups in total. The number of pyridine rings is 1. The van der Waals surface area contributed by atoms with E-state index in [2.05, 4.69) is 4.98 Å². The zero-order chi connectivity index (χ0) is 12.0. The minimum Gasteiger partial charge on any atom is -0.466 e. The SMILES string of the molecule is CCOC(=O)CC=Cc1cc(Cl)cnc1F. The molecule has 0 saturated carbocycles. The van der Waals surface area contributed by atoms with Crippen molar-refractivity contribution in [2.24, 2.45) is 0 Å². The van der Waals surface area contributed by atoms with E-state index in [0.29, 0.717) is 11.6 Å². The fourth-order valence-electron chi connectivity index (χ4n) is 1.06. The van der Waals surface area contributed by atoms with E-state index in [1.165, 1.54) is 24.4 Å². The van der Waals surface area contributed by atoms with Gasteiger partial charge in [-0.3, -0.25) is 4.79 Å². The fourth-order valence-corrected chi connectivity index (χ4v) is 1.22. The van der Waals surface area contributed by atoms with Gasteiger partial charge in [-0.15, -0.1) is 0 Å². The lowest BCUT2D eigenvalue weighted by atomic mass is 10.2. The third-order valence-electron chi connectivity index (χ3n) is 1.72. The minimum absolute atomic E-state index is 0.0970. The molecule has 5 heteroatoms. The summed E-state index contributed by atoms with van der Waals surface area (Å²) < 4.78 is 17.8. The van der Waals surface area contributed by atoms with Crippen molar-refractivity contribution >= 4 is 23.6 Å². The molecule has 0 spiro atoms. The molecule has 0 bridgehead atoms. The average molecular weight is 244 g/mol. The number of esters is 1. The summed E-state index contributed by atoms with van der Waals surface area (Å²) in [6.07, 6.45) is 4.28. The summed E-state index contributed by atoms with van der Waals surface area (Å²) in [6.45, 7) is 2.06. The minimum atomic E-state index is -0.621. The molecule has 3 nitrogen and oxygen atoms in total. The van der Waals surface area contributed by atoms with Crippen LogP contribution in [0.2, 0.25) is 5.02 Å². The van der Waals surface area contributed by atoms with E-state index in [-0.39, 0.29) is 18.0 Å². The van der Waals surface area contributed by atoms with Gasteiger partial charge in [-0.2, -0.15) is 4.39 Å². The van der Waals surface area contributed by atoms with Gasteiger partial charge < -0.3 is 4.74 Å². The number of nitrogens with zero attached hydrogens (tertiary/aromatic N) is 1. The van der Waals surface area contributed by atoms with Crippen LogP contribution in [-0.4, -0.2) is 17.6 Å². The number of hydrogen-bond donors (Lipinski definition) is 0. The van der Waals surface area contributed by atoms with E-state index in [4.69, 9.17) is 16.3 Å². The van der Waals surface area contributed by atoms with Gasteiger partial charge in [0.25, 0.3) is 0 Å². The van der Waals surface area contributed by atoms with Crippen LogP contribution in [0.5, 0.6) is 0 Å². The maximum absolute atomic E-state index is 13.1. The van der Waals surface area contributed by atoms with Gasteiger partial charge in [0.05, 0.1) is 18.1 Å². The van der Waals surface area contributed by atoms with E-state index in [9.17, 15) is 9.18 Å². The first kappa shape index (κ1) is 12.6. The smallest absolute Gasteiger partial charge is 0.309 e. The van der Waals surface area contributed by atoms with Crippen LogP contribution < -0.4 is 0 Å². The lowest BCUT2D eigenvalue weighted by molar-refractivity contribution is -0.142. The molecule has 0 fully saturated rings. The van der Waals surface area contributed by atoms with E-state index < -0.39 is 5.95 Å². The highest BCUT2D eigenvalue weighted by atomic mass is 35.5. The van der Waals surface area contributed by atoms with Gasteiger partial charge in [0.15, 0.2) is 0 Å². The predicted molar refractivity (Wildman–Crippen MR) is 59.5 cm³/mol. The van der Waals surface area contributed by atoms with Crippen LogP contribution in [0, 0.1) is 5.95 Å². The van der Waals surface area contributed by atoms with E-state index in [1.54, 1.807) is 6.92 Å². The first-order valence-electron chi connectivity index (χ1n) is 4.76. The highest BCUT2D eigenvalue weighted by Gasteiger charge is 2.01. The summed E-state index contributed by atoms with van der Waals surface area (Å²) in [7, 11) is 0. The monoisotopic (exact) mass is 243 g/mol.